The number of nitrogens with two attached hydrogens (primary N) is 1. The predicted molar refractivity (Wildman–Crippen MR) is 69.0 cm³/mol. The Bertz CT molecular complexity index is 353. The normalized spacial score (nSPS) is 10.2. The average molecular weight is 236 g/mol. The molecule has 17 heavy (non-hydrogen) atoms. The highest BCUT2D eigenvalue weighted by molar-refractivity contribution is 5.93. The van der Waals surface area contributed by atoms with Gasteiger partial charge in [-0.3, -0.25) is 4.79 Å². The number of unbranched alkanes of at least 4 members (excludes halogenated alkanes) is 3. The number of nitrogens with one attached hydrogen (secondary N) is 1. The van der Waals surface area contributed by atoms with Crippen molar-refractivity contribution in [3.63, 3.8) is 0 Å². The van der Waals surface area contributed by atoms with Gasteiger partial charge in [0, 0.05) is 24.4 Å². The number of primary amides is 1. The molecule has 0 aliphatic carbocycles. The molecule has 4 nitrogen and oxygen atoms in total. The number of rotatable bonds is 8. The Labute approximate surface area is 102 Å². The fraction of sp³-hybridized carbons (Fsp3) is 0.462. The number of aliphatic hydroxyl groups excluding tert-OH is 1. The van der Waals surface area contributed by atoms with Crippen LogP contribution in [0.1, 0.15) is 36.0 Å². The Morgan fingerprint density at radius 2 is 2.00 bits per heavy atom. The van der Waals surface area contributed by atoms with Gasteiger partial charge < -0.3 is 16.2 Å². The lowest BCUT2D eigenvalue weighted by molar-refractivity contribution is 0.100. The van der Waals surface area contributed by atoms with E-state index in [2.05, 4.69) is 5.32 Å². The average Bonchev–Trinajstić information content (AvgIpc) is 2.34. The van der Waals surface area contributed by atoms with E-state index in [0.29, 0.717) is 5.56 Å². The van der Waals surface area contributed by atoms with E-state index >= 15 is 0 Å². The summed E-state index contributed by atoms with van der Waals surface area (Å²) in [4.78, 5) is 11.0. The lowest BCUT2D eigenvalue weighted by Gasteiger charge is -2.07. The van der Waals surface area contributed by atoms with Crippen LogP contribution in [-0.2, 0) is 0 Å². The summed E-state index contributed by atoms with van der Waals surface area (Å²) in [6, 6.07) is 7.19. The molecule has 0 saturated carbocycles. The SMILES string of the molecule is NC(=O)c1cccc(NCCCCCCO)c1. The highest BCUT2D eigenvalue weighted by Crippen LogP contribution is 2.10. The van der Waals surface area contributed by atoms with Gasteiger partial charge in [-0.05, 0) is 31.0 Å². The van der Waals surface area contributed by atoms with Crippen LogP contribution in [0.3, 0.4) is 0 Å². The van der Waals surface area contributed by atoms with Gasteiger partial charge in [0.1, 0.15) is 0 Å². The van der Waals surface area contributed by atoms with Crippen LogP contribution in [0.15, 0.2) is 24.3 Å². The minimum absolute atomic E-state index is 0.272. The van der Waals surface area contributed by atoms with Gasteiger partial charge >= 0.3 is 0 Å². The summed E-state index contributed by atoms with van der Waals surface area (Å²) in [6.45, 7) is 1.14. The third-order valence-electron chi connectivity index (χ3n) is 2.56. The quantitative estimate of drug-likeness (QED) is 0.602. The van der Waals surface area contributed by atoms with Crippen molar-refractivity contribution in [3.8, 4) is 0 Å². The van der Waals surface area contributed by atoms with Crippen LogP contribution in [-0.4, -0.2) is 24.2 Å². The molecule has 1 amide bonds. The lowest BCUT2D eigenvalue weighted by Crippen LogP contribution is -2.11. The Morgan fingerprint density at radius 1 is 1.24 bits per heavy atom. The number of hydrogen-bond acceptors (Lipinski definition) is 3. The maximum atomic E-state index is 11.0. The summed E-state index contributed by atoms with van der Waals surface area (Å²) >= 11 is 0. The largest absolute Gasteiger partial charge is 0.396 e. The maximum Gasteiger partial charge on any atom is 0.248 e. The van der Waals surface area contributed by atoms with Gasteiger partial charge in [-0.1, -0.05) is 18.9 Å². The monoisotopic (exact) mass is 236 g/mol. The molecule has 0 saturated heterocycles. The Morgan fingerprint density at radius 3 is 2.71 bits per heavy atom. The second kappa shape index (κ2) is 7.68. The number of carbonyl (C=O) groups excluding carboxylic acids is 1. The molecule has 4 heteroatoms. The van der Waals surface area contributed by atoms with Crippen molar-refractivity contribution in [2.75, 3.05) is 18.5 Å². The molecule has 0 unspecified atom stereocenters. The van der Waals surface area contributed by atoms with Crippen LogP contribution in [0.2, 0.25) is 0 Å². The van der Waals surface area contributed by atoms with E-state index in [0.717, 1.165) is 37.9 Å². The second-order valence-corrected chi connectivity index (χ2v) is 4.01. The number of aliphatic hydroxyl groups is 1. The molecule has 4 N–H and O–H groups in total. The van der Waals surface area contributed by atoms with Gasteiger partial charge in [-0.2, -0.15) is 0 Å². The van der Waals surface area contributed by atoms with Gasteiger partial charge in [0.15, 0.2) is 0 Å². The van der Waals surface area contributed by atoms with Gasteiger partial charge in [0.05, 0.1) is 0 Å². The first-order valence-corrected chi connectivity index (χ1v) is 5.98. The summed E-state index contributed by atoms with van der Waals surface area (Å²) in [7, 11) is 0. The third kappa shape index (κ3) is 5.36. The summed E-state index contributed by atoms with van der Waals surface area (Å²) in [5, 5.41) is 11.9. The zero-order valence-electron chi connectivity index (χ0n) is 9.98. The van der Waals surface area contributed by atoms with E-state index in [1.54, 1.807) is 12.1 Å². The molecule has 1 rings (SSSR count). The number of hydrogen-bond donors (Lipinski definition) is 3. The minimum Gasteiger partial charge on any atom is -0.396 e. The van der Waals surface area contributed by atoms with E-state index in [-0.39, 0.29) is 6.61 Å². The summed E-state index contributed by atoms with van der Waals surface area (Å²) in [5.41, 5.74) is 6.65. The smallest absolute Gasteiger partial charge is 0.248 e. The summed E-state index contributed by atoms with van der Waals surface area (Å²) in [5.74, 6) is -0.406. The molecular formula is C13H20N2O2. The van der Waals surface area contributed by atoms with Crippen molar-refractivity contribution in [3.05, 3.63) is 29.8 Å². The zero-order chi connectivity index (χ0) is 12.5. The Kier molecular flexibility index (Phi) is 6.10. The number of anilines is 1. The molecule has 1 aromatic rings. The van der Waals surface area contributed by atoms with Gasteiger partial charge in [-0.25, -0.2) is 0 Å². The van der Waals surface area contributed by atoms with Crippen LogP contribution in [0.25, 0.3) is 0 Å². The van der Waals surface area contributed by atoms with Crippen LogP contribution in [0.4, 0.5) is 5.69 Å². The minimum atomic E-state index is -0.406. The highest BCUT2D eigenvalue weighted by atomic mass is 16.2. The number of benzene rings is 1. The van der Waals surface area contributed by atoms with Crippen molar-refractivity contribution < 1.29 is 9.90 Å². The molecule has 1 aromatic carbocycles. The molecule has 0 heterocycles. The topological polar surface area (TPSA) is 75.4 Å². The molecule has 0 atom stereocenters. The standard InChI is InChI=1S/C13H20N2O2/c14-13(17)11-6-5-7-12(10-11)15-8-3-1-2-4-9-16/h5-7,10,15-16H,1-4,8-9H2,(H2,14,17). The van der Waals surface area contributed by atoms with E-state index in [1.165, 1.54) is 0 Å². The number of carbonyl (C=O) groups is 1. The molecule has 0 spiro atoms. The molecule has 0 aliphatic rings. The van der Waals surface area contributed by atoms with Crippen molar-refractivity contribution in [2.24, 2.45) is 5.73 Å². The second-order valence-electron chi connectivity index (χ2n) is 4.01. The fourth-order valence-electron chi connectivity index (χ4n) is 1.61. The van der Waals surface area contributed by atoms with Crippen molar-refractivity contribution in [1.29, 1.82) is 0 Å². The first-order valence-electron chi connectivity index (χ1n) is 5.98. The predicted octanol–water partition coefficient (Wildman–Crippen LogP) is 1.75. The molecular weight excluding hydrogens is 216 g/mol. The van der Waals surface area contributed by atoms with E-state index < -0.39 is 5.91 Å². The zero-order valence-corrected chi connectivity index (χ0v) is 9.98. The van der Waals surface area contributed by atoms with E-state index in [4.69, 9.17) is 10.8 Å². The summed E-state index contributed by atoms with van der Waals surface area (Å²) < 4.78 is 0. The van der Waals surface area contributed by atoms with Gasteiger partial charge in [-0.15, -0.1) is 0 Å². The van der Waals surface area contributed by atoms with Crippen LogP contribution < -0.4 is 11.1 Å². The highest BCUT2D eigenvalue weighted by Gasteiger charge is 2.00. The van der Waals surface area contributed by atoms with Gasteiger partial charge in [0.25, 0.3) is 0 Å². The fourth-order valence-corrected chi connectivity index (χ4v) is 1.61. The lowest BCUT2D eigenvalue weighted by atomic mass is 10.1. The first-order chi connectivity index (χ1) is 8.24. The maximum absolute atomic E-state index is 11.0. The van der Waals surface area contributed by atoms with Crippen LogP contribution >= 0.6 is 0 Å². The molecule has 0 aliphatic heterocycles. The van der Waals surface area contributed by atoms with Crippen molar-refractivity contribution in [2.45, 2.75) is 25.7 Å². The molecule has 94 valence electrons. The molecule has 0 bridgehead atoms. The first kappa shape index (κ1) is 13.5. The third-order valence-corrected chi connectivity index (χ3v) is 2.56. The van der Waals surface area contributed by atoms with Crippen LogP contribution in [0.5, 0.6) is 0 Å². The van der Waals surface area contributed by atoms with Crippen molar-refractivity contribution in [1.82, 2.24) is 0 Å². The molecule has 0 radical (unpaired) electrons. The summed E-state index contributed by atoms with van der Waals surface area (Å²) in [6.07, 6.45) is 4.08. The Balaban J connectivity index is 2.27. The number of amides is 1. The molecule has 0 fully saturated rings. The van der Waals surface area contributed by atoms with E-state index in [9.17, 15) is 4.79 Å². The van der Waals surface area contributed by atoms with Gasteiger partial charge in [0.2, 0.25) is 5.91 Å². The molecule has 0 aromatic heterocycles. The van der Waals surface area contributed by atoms with E-state index in [1.807, 2.05) is 12.1 Å². The van der Waals surface area contributed by atoms with Crippen molar-refractivity contribution >= 4 is 11.6 Å². The Hall–Kier alpha value is -1.55. The van der Waals surface area contributed by atoms with Crippen LogP contribution in [0, 0.1) is 0 Å².